The average molecular weight is 326 g/mol. The fourth-order valence-electron chi connectivity index (χ4n) is 2.86. The number of carbonyl (C=O) groups excluding carboxylic acids is 1. The van der Waals surface area contributed by atoms with Gasteiger partial charge in [-0.2, -0.15) is 11.3 Å². The molecule has 0 atom stereocenters. The third-order valence-corrected chi connectivity index (χ3v) is 4.70. The number of nitrogens with zero attached hydrogens (tertiary/aromatic N) is 4. The number of hydrogen-bond donors (Lipinski definition) is 0. The Hall–Kier alpha value is -2.54. The normalized spacial score (nSPS) is 14.3. The fraction of sp³-hybridized carbons (Fsp3) is 0.250. The smallest absolute Gasteiger partial charge is 0.292 e. The number of rotatable bonds is 2. The van der Waals surface area contributed by atoms with Gasteiger partial charge in [0.2, 0.25) is 5.76 Å². The summed E-state index contributed by atoms with van der Waals surface area (Å²) in [6.45, 7) is 1.24. The van der Waals surface area contributed by atoms with E-state index < -0.39 is 0 Å². The summed E-state index contributed by atoms with van der Waals surface area (Å²) in [5.74, 6) is 0.153. The Labute approximate surface area is 136 Å². The number of hydrogen-bond acceptors (Lipinski definition) is 6. The Morgan fingerprint density at radius 3 is 2.91 bits per heavy atom. The standard InChI is InChI=1S/C16H14N4O2S/c21-16(14-1-5-19-22-14)20-6-2-12-13(3-7-20)17-10-18-15(12)11-4-8-23-9-11/h1,4-5,8-10H,2-3,6-7H2. The van der Waals surface area contributed by atoms with Gasteiger partial charge in [-0.15, -0.1) is 0 Å². The van der Waals surface area contributed by atoms with Crippen molar-refractivity contribution in [2.24, 2.45) is 0 Å². The van der Waals surface area contributed by atoms with Crippen molar-refractivity contribution < 1.29 is 9.32 Å². The molecule has 3 aromatic rings. The van der Waals surface area contributed by atoms with Crippen LogP contribution < -0.4 is 0 Å². The minimum Gasteiger partial charge on any atom is -0.351 e. The van der Waals surface area contributed by atoms with Gasteiger partial charge >= 0.3 is 0 Å². The number of fused-ring (bicyclic) bond motifs is 1. The van der Waals surface area contributed by atoms with Crippen LogP contribution in [0.5, 0.6) is 0 Å². The number of amides is 1. The highest BCUT2D eigenvalue weighted by Gasteiger charge is 2.24. The summed E-state index contributed by atoms with van der Waals surface area (Å²) in [6, 6.07) is 3.66. The molecule has 1 aliphatic rings. The molecule has 6 nitrogen and oxygen atoms in total. The lowest BCUT2D eigenvalue weighted by Crippen LogP contribution is -2.33. The first-order valence-electron chi connectivity index (χ1n) is 7.38. The summed E-state index contributed by atoms with van der Waals surface area (Å²) >= 11 is 1.65. The number of thiophene rings is 1. The van der Waals surface area contributed by atoms with Crippen LogP contribution in [0.4, 0.5) is 0 Å². The van der Waals surface area contributed by atoms with E-state index in [0.717, 1.165) is 35.4 Å². The monoisotopic (exact) mass is 326 g/mol. The summed E-state index contributed by atoms with van der Waals surface area (Å²) < 4.78 is 4.98. The molecule has 1 amide bonds. The second-order valence-corrected chi connectivity index (χ2v) is 6.11. The fourth-order valence-corrected chi connectivity index (χ4v) is 3.50. The zero-order chi connectivity index (χ0) is 15.6. The summed E-state index contributed by atoms with van der Waals surface area (Å²) in [6.07, 6.45) is 4.55. The Morgan fingerprint density at radius 2 is 2.13 bits per heavy atom. The van der Waals surface area contributed by atoms with Crippen molar-refractivity contribution in [3.63, 3.8) is 0 Å². The lowest BCUT2D eigenvalue weighted by molar-refractivity contribution is 0.0721. The molecule has 23 heavy (non-hydrogen) atoms. The van der Waals surface area contributed by atoms with Crippen molar-refractivity contribution in [2.45, 2.75) is 12.8 Å². The highest BCUT2D eigenvalue weighted by Crippen LogP contribution is 2.27. The van der Waals surface area contributed by atoms with E-state index in [1.165, 1.54) is 6.20 Å². The zero-order valence-corrected chi connectivity index (χ0v) is 13.1. The Kier molecular flexibility index (Phi) is 3.63. The molecule has 116 valence electrons. The molecule has 3 aromatic heterocycles. The minimum atomic E-state index is -0.125. The third kappa shape index (κ3) is 2.63. The summed E-state index contributed by atoms with van der Waals surface area (Å²) in [5, 5.41) is 7.74. The maximum atomic E-state index is 12.4. The molecule has 1 aliphatic heterocycles. The van der Waals surface area contributed by atoms with Crippen LogP contribution in [0, 0.1) is 0 Å². The lowest BCUT2D eigenvalue weighted by atomic mass is 10.0. The first-order valence-corrected chi connectivity index (χ1v) is 8.32. The second-order valence-electron chi connectivity index (χ2n) is 5.33. The molecule has 0 fully saturated rings. The molecule has 0 N–H and O–H groups in total. The van der Waals surface area contributed by atoms with Crippen LogP contribution in [0.3, 0.4) is 0 Å². The van der Waals surface area contributed by atoms with E-state index >= 15 is 0 Å². The van der Waals surface area contributed by atoms with Crippen molar-refractivity contribution in [1.29, 1.82) is 0 Å². The van der Waals surface area contributed by atoms with E-state index in [4.69, 9.17) is 4.52 Å². The Bertz CT molecular complexity index is 815. The Morgan fingerprint density at radius 1 is 1.22 bits per heavy atom. The van der Waals surface area contributed by atoms with Crippen molar-refractivity contribution in [3.05, 3.63) is 52.4 Å². The third-order valence-electron chi connectivity index (χ3n) is 4.02. The molecule has 7 heteroatoms. The first-order chi connectivity index (χ1) is 11.3. The topological polar surface area (TPSA) is 72.1 Å². The maximum absolute atomic E-state index is 12.4. The van der Waals surface area contributed by atoms with Crippen LogP contribution >= 0.6 is 11.3 Å². The van der Waals surface area contributed by atoms with Crippen molar-refractivity contribution in [2.75, 3.05) is 13.1 Å². The van der Waals surface area contributed by atoms with Crippen LogP contribution in [0.15, 0.2) is 39.9 Å². The highest BCUT2D eigenvalue weighted by atomic mass is 32.1. The molecule has 0 radical (unpaired) electrons. The summed E-state index contributed by atoms with van der Waals surface area (Å²) in [4.78, 5) is 23.1. The molecular formula is C16H14N4O2S. The molecular weight excluding hydrogens is 312 g/mol. The minimum absolute atomic E-state index is 0.125. The molecule has 0 saturated heterocycles. The average Bonchev–Trinajstić information content (AvgIpc) is 3.24. The molecule has 0 spiro atoms. The van der Waals surface area contributed by atoms with Gasteiger partial charge in [-0.25, -0.2) is 9.97 Å². The predicted molar refractivity (Wildman–Crippen MR) is 85.2 cm³/mol. The van der Waals surface area contributed by atoms with Gasteiger partial charge in [-0.1, -0.05) is 5.16 Å². The van der Waals surface area contributed by atoms with Gasteiger partial charge in [0.05, 0.1) is 11.9 Å². The quantitative estimate of drug-likeness (QED) is 0.723. The van der Waals surface area contributed by atoms with E-state index in [2.05, 4.69) is 26.6 Å². The van der Waals surface area contributed by atoms with Crippen molar-refractivity contribution >= 4 is 17.2 Å². The van der Waals surface area contributed by atoms with Gasteiger partial charge in [-0.3, -0.25) is 4.79 Å². The molecule has 0 bridgehead atoms. The Balaban J connectivity index is 1.62. The zero-order valence-electron chi connectivity index (χ0n) is 12.3. The van der Waals surface area contributed by atoms with Gasteiger partial charge in [0, 0.05) is 47.8 Å². The number of aromatic nitrogens is 3. The van der Waals surface area contributed by atoms with Gasteiger partial charge in [0.1, 0.15) is 6.33 Å². The van der Waals surface area contributed by atoms with Gasteiger partial charge < -0.3 is 9.42 Å². The van der Waals surface area contributed by atoms with E-state index in [0.29, 0.717) is 13.1 Å². The first kappa shape index (κ1) is 14.1. The van der Waals surface area contributed by atoms with Gasteiger partial charge in [0.15, 0.2) is 0 Å². The molecule has 0 aliphatic carbocycles. The van der Waals surface area contributed by atoms with Crippen LogP contribution in [0.1, 0.15) is 21.8 Å². The van der Waals surface area contributed by atoms with Crippen LogP contribution in [0.2, 0.25) is 0 Å². The lowest BCUT2D eigenvalue weighted by Gasteiger charge is -2.18. The van der Waals surface area contributed by atoms with Gasteiger partial charge in [0.25, 0.3) is 5.91 Å². The molecule has 4 heterocycles. The highest BCUT2D eigenvalue weighted by molar-refractivity contribution is 7.08. The van der Waals surface area contributed by atoms with E-state index in [9.17, 15) is 4.79 Å². The van der Waals surface area contributed by atoms with E-state index in [1.54, 1.807) is 28.6 Å². The molecule has 4 rings (SSSR count). The molecule has 0 aromatic carbocycles. The molecule has 0 saturated carbocycles. The molecule has 0 unspecified atom stereocenters. The summed E-state index contributed by atoms with van der Waals surface area (Å²) in [5.41, 5.74) is 4.25. The predicted octanol–water partition coefficient (Wildman–Crippen LogP) is 2.43. The van der Waals surface area contributed by atoms with Crippen LogP contribution in [0.25, 0.3) is 11.3 Å². The van der Waals surface area contributed by atoms with Crippen LogP contribution in [-0.4, -0.2) is 39.0 Å². The number of carbonyl (C=O) groups is 1. The van der Waals surface area contributed by atoms with Gasteiger partial charge in [-0.05, 0) is 17.9 Å². The summed E-state index contributed by atoms with van der Waals surface area (Å²) in [7, 11) is 0. The van der Waals surface area contributed by atoms with Crippen molar-refractivity contribution in [1.82, 2.24) is 20.0 Å². The van der Waals surface area contributed by atoms with Crippen molar-refractivity contribution in [3.8, 4) is 11.3 Å². The van der Waals surface area contributed by atoms with E-state index in [-0.39, 0.29) is 11.7 Å². The maximum Gasteiger partial charge on any atom is 0.292 e. The van der Waals surface area contributed by atoms with E-state index in [1.807, 2.05) is 5.38 Å². The van der Waals surface area contributed by atoms with Crippen LogP contribution in [-0.2, 0) is 12.8 Å². The second kappa shape index (κ2) is 5.92. The largest absolute Gasteiger partial charge is 0.351 e. The SMILES string of the molecule is O=C(c1ccno1)N1CCc2ncnc(-c3ccsc3)c2CC1.